The molecule has 21 heavy (non-hydrogen) atoms. The molecule has 0 saturated carbocycles. The van der Waals surface area contributed by atoms with Gasteiger partial charge in [0.15, 0.2) is 0 Å². The summed E-state index contributed by atoms with van der Waals surface area (Å²) in [6.45, 7) is 2.49. The first-order valence-electron chi connectivity index (χ1n) is 7.03. The van der Waals surface area contributed by atoms with E-state index in [4.69, 9.17) is 5.73 Å². The Bertz CT molecular complexity index is 767. The van der Waals surface area contributed by atoms with E-state index in [0.717, 1.165) is 17.5 Å². The summed E-state index contributed by atoms with van der Waals surface area (Å²) in [5.41, 5.74) is 9.24. The van der Waals surface area contributed by atoms with Crippen LogP contribution in [-0.2, 0) is 22.9 Å². The number of benzene rings is 2. The van der Waals surface area contributed by atoms with Gasteiger partial charge in [-0.1, -0.05) is 31.2 Å². The minimum absolute atomic E-state index is 0.316. The highest BCUT2D eigenvalue weighted by molar-refractivity contribution is 7.92. The van der Waals surface area contributed by atoms with Crippen LogP contribution >= 0.6 is 0 Å². The molecular weight excluding hydrogens is 284 g/mol. The van der Waals surface area contributed by atoms with Crippen molar-refractivity contribution in [2.45, 2.75) is 24.7 Å². The summed E-state index contributed by atoms with van der Waals surface area (Å²) in [6.07, 6.45) is 1.59. The van der Waals surface area contributed by atoms with Crippen LogP contribution in [0.15, 0.2) is 47.4 Å². The van der Waals surface area contributed by atoms with Crippen LogP contribution in [0.25, 0.3) is 0 Å². The number of rotatable bonds is 3. The minimum Gasteiger partial charge on any atom is -0.397 e. The van der Waals surface area contributed by atoms with Gasteiger partial charge in [0.05, 0.1) is 16.3 Å². The molecule has 2 aromatic rings. The van der Waals surface area contributed by atoms with E-state index in [0.29, 0.717) is 29.2 Å². The topological polar surface area (TPSA) is 63.4 Å². The second-order valence-electron chi connectivity index (χ2n) is 5.18. The number of hydrogen-bond acceptors (Lipinski definition) is 3. The Kier molecular flexibility index (Phi) is 3.37. The van der Waals surface area contributed by atoms with E-state index in [-0.39, 0.29) is 0 Å². The van der Waals surface area contributed by atoms with Gasteiger partial charge in [0.2, 0.25) is 0 Å². The molecule has 0 spiro atoms. The smallest absolute Gasteiger partial charge is 0.264 e. The van der Waals surface area contributed by atoms with Gasteiger partial charge in [0, 0.05) is 6.54 Å². The van der Waals surface area contributed by atoms with E-state index in [1.165, 1.54) is 4.31 Å². The van der Waals surface area contributed by atoms with E-state index in [1.807, 2.05) is 31.2 Å². The lowest BCUT2D eigenvalue weighted by atomic mass is 10.1. The first-order valence-corrected chi connectivity index (χ1v) is 8.47. The Labute approximate surface area is 125 Å². The average Bonchev–Trinajstić information content (AvgIpc) is 2.93. The molecule has 0 aliphatic carbocycles. The van der Waals surface area contributed by atoms with Gasteiger partial charge < -0.3 is 5.73 Å². The number of aryl methyl sites for hydroxylation is 1. The number of nitrogen functional groups attached to an aromatic ring is 1. The lowest BCUT2D eigenvalue weighted by Crippen LogP contribution is -2.29. The standard InChI is InChI=1S/C16H18N2O2S/c1-2-12-6-8-14(9-7-12)21(19,20)18-11-10-13-4-3-5-15(17)16(13)18/h3-9H,2,10-11,17H2,1H3. The fourth-order valence-electron chi connectivity index (χ4n) is 2.72. The van der Waals surface area contributed by atoms with Crippen LogP contribution < -0.4 is 10.0 Å². The van der Waals surface area contributed by atoms with E-state index in [1.54, 1.807) is 18.2 Å². The monoisotopic (exact) mass is 302 g/mol. The first-order chi connectivity index (χ1) is 10.0. The van der Waals surface area contributed by atoms with Gasteiger partial charge in [-0.05, 0) is 42.2 Å². The van der Waals surface area contributed by atoms with E-state index < -0.39 is 10.0 Å². The maximum absolute atomic E-state index is 12.8. The Hall–Kier alpha value is -2.01. The molecule has 2 aromatic carbocycles. The van der Waals surface area contributed by atoms with Gasteiger partial charge in [0.25, 0.3) is 10.0 Å². The molecule has 1 aliphatic rings. The fourth-order valence-corrected chi connectivity index (χ4v) is 4.24. The Morgan fingerprint density at radius 3 is 2.52 bits per heavy atom. The molecule has 0 amide bonds. The SMILES string of the molecule is CCc1ccc(S(=O)(=O)N2CCc3cccc(N)c32)cc1. The molecule has 0 bridgehead atoms. The highest BCUT2D eigenvalue weighted by Crippen LogP contribution is 2.37. The molecule has 0 aromatic heterocycles. The largest absolute Gasteiger partial charge is 0.397 e. The van der Waals surface area contributed by atoms with Crippen molar-refractivity contribution >= 4 is 21.4 Å². The van der Waals surface area contributed by atoms with Crippen LogP contribution in [0, 0.1) is 0 Å². The van der Waals surface area contributed by atoms with Gasteiger partial charge >= 0.3 is 0 Å². The highest BCUT2D eigenvalue weighted by atomic mass is 32.2. The zero-order chi connectivity index (χ0) is 15.0. The second kappa shape index (κ2) is 5.07. The molecule has 0 atom stereocenters. The van der Waals surface area contributed by atoms with Gasteiger partial charge in [-0.15, -0.1) is 0 Å². The quantitative estimate of drug-likeness (QED) is 0.886. The molecule has 2 N–H and O–H groups in total. The Morgan fingerprint density at radius 1 is 1.14 bits per heavy atom. The number of fused-ring (bicyclic) bond motifs is 1. The molecule has 5 heteroatoms. The fraction of sp³-hybridized carbons (Fsp3) is 0.250. The van der Waals surface area contributed by atoms with Gasteiger partial charge in [0.1, 0.15) is 0 Å². The molecular formula is C16H18N2O2S. The van der Waals surface area contributed by atoms with E-state index >= 15 is 0 Å². The molecule has 0 unspecified atom stereocenters. The summed E-state index contributed by atoms with van der Waals surface area (Å²) in [5.74, 6) is 0. The second-order valence-corrected chi connectivity index (χ2v) is 7.04. The Balaban J connectivity index is 2.05. The highest BCUT2D eigenvalue weighted by Gasteiger charge is 2.32. The maximum Gasteiger partial charge on any atom is 0.264 e. The molecule has 3 rings (SSSR count). The number of nitrogens with zero attached hydrogens (tertiary/aromatic N) is 1. The van der Waals surface area contributed by atoms with Crippen LogP contribution in [0.5, 0.6) is 0 Å². The lowest BCUT2D eigenvalue weighted by Gasteiger charge is -2.21. The van der Waals surface area contributed by atoms with Crippen LogP contribution in [-0.4, -0.2) is 15.0 Å². The summed E-state index contributed by atoms with van der Waals surface area (Å²) in [5, 5.41) is 0. The van der Waals surface area contributed by atoms with Crippen LogP contribution in [0.1, 0.15) is 18.1 Å². The van der Waals surface area contributed by atoms with Crippen molar-refractivity contribution in [2.24, 2.45) is 0 Å². The van der Waals surface area contributed by atoms with E-state index in [9.17, 15) is 8.42 Å². The zero-order valence-corrected chi connectivity index (χ0v) is 12.7. The molecule has 0 saturated heterocycles. The average molecular weight is 302 g/mol. The molecule has 4 nitrogen and oxygen atoms in total. The van der Waals surface area contributed by atoms with Crippen molar-refractivity contribution < 1.29 is 8.42 Å². The summed E-state index contributed by atoms with van der Waals surface area (Å²) in [6, 6.07) is 12.6. The molecule has 1 aliphatic heterocycles. The third-order valence-electron chi connectivity index (χ3n) is 3.90. The minimum atomic E-state index is -3.55. The number of para-hydroxylation sites is 1. The molecule has 0 fully saturated rings. The summed E-state index contributed by atoms with van der Waals surface area (Å²) in [7, 11) is -3.55. The summed E-state index contributed by atoms with van der Waals surface area (Å²) < 4.78 is 27.1. The van der Waals surface area contributed by atoms with Crippen molar-refractivity contribution in [3.63, 3.8) is 0 Å². The zero-order valence-electron chi connectivity index (χ0n) is 11.9. The van der Waals surface area contributed by atoms with Crippen molar-refractivity contribution in [2.75, 3.05) is 16.6 Å². The van der Waals surface area contributed by atoms with E-state index in [2.05, 4.69) is 0 Å². The normalized spacial score (nSPS) is 14.2. The predicted octanol–water partition coefficient (Wildman–Crippen LogP) is 2.58. The molecule has 0 radical (unpaired) electrons. The number of nitrogens with two attached hydrogens (primary N) is 1. The first kappa shape index (κ1) is 13.9. The van der Waals surface area contributed by atoms with Crippen molar-refractivity contribution in [1.29, 1.82) is 0 Å². The maximum atomic E-state index is 12.8. The predicted molar refractivity (Wildman–Crippen MR) is 84.9 cm³/mol. The van der Waals surface area contributed by atoms with Crippen LogP contribution in [0.4, 0.5) is 11.4 Å². The van der Waals surface area contributed by atoms with Crippen LogP contribution in [0.2, 0.25) is 0 Å². The molecule has 110 valence electrons. The number of anilines is 2. The summed E-state index contributed by atoms with van der Waals surface area (Å²) >= 11 is 0. The van der Waals surface area contributed by atoms with Crippen LogP contribution in [0.3, 0.4) is 0 Å². The van der Waals surface area contributed by atoms with Crippen molar-refractivity contribution in [1.82, 2.24) is 0 Å². The third-order valence-corrected chi connectivity index (χ3v) is 5.72. The lowest BCUT2D eigenvalue weighted by molar-refractivity contribution is 0.592. The van der Waals surface area contributed by atoms with Gasteiger partial charge in [-0.25, -0.2) is 8.42 Å². The van der Waals surface area contributed by atoms with Crippen molar-refractivity contribution in [3.05, 3.63) is 53.6 Å². The number of hydrogen-bond donors (Lipinski definition) is 1. The Morgan fingerprint density at radius 2 is 1.86 bits per heavy atom. The van der Waals surface area contributed by atoms with Crippen molar-refractivity contribution in [3.8, 4) is 0 Å². The summed E-state index contributed by atoms with van der Waals surface area (Å²) in [4.78, 5) is 0.316. The number of sulfonamides is 1. The molecule has 1 heterocycles. The third kappa shape index (κ3) is 2.27. The van der Waals surface area contributed by atoms with Gasteiger partial charge in [-0.3, -0.25) is 4.31 Å². The van der Waals surface area contributed by atoms with Gasteiger partial charge in [-0.2, -0.15) is 0 Å².